The molecule has 0 saturated carbocycles. The van der Waals surface area contributed by atoms with Crippen molar-refractivity contribution in [1.82, 2.24) is 9.97 Å². The second-order valence-electron chi connectivity index (χ2n) is 4.47. The number of rotatable bonds is 2. The molecule has 16 heavy (non-hydrogen) atoms. The Balaban J connectivity index is 2.25. The van der Waals surface area contributed by atoms with Gasteiger partial charge in [0.15, 0.2) is 0 Å². The van der Waals surface area contributed by atoms with Crippen molar-refractivity contribution < 1.29 is 0 Å². The van der Waals surface area contributed by atoms with Gasteiger partial charge in [0.05, 0.1) is 5.75 Å². The van der Waals surface area contributed by atoms with Gasteiger partial charge in [0.25, 0.3) is 0 Å². The molecule has 0 saturated heterocycles. The summed E-state index contributed by atoms with van der Waals surface area (Å²) < 4.78 is 0.222. The normalized spacial score (nSPS) is 12.2. The van der Waals surface area contributed by atoms with Crippen LogP contribution in [0.25, 0.3) is 10.2 Å². The third-order valence-corrected chi connectivity index (χ3v) is 4.32. The van der Waals surface area contributed by atoms with Crippen LogP contribution in [0.15, 0.2) is 11.4 Å². The lowest BCUT2D eigenvalue weighted by Gasteiger charge is -2.16. The number of fused-ring (bicyclic) bond motifs is 1. The van der Waals surface area contributed by atoms with Gasteiger partial charge < -0.3 is 0 Å². The van der Waals surface area contributed by atoms with Crippen LogP contribution in [0.2, 0.25) is 5.15 Å². The summed E-state index contributed by atoms with van der Waals surface area (Å²) in [6.07, 6.45) is 0. The summed E-state index contributed by atoms with van der Waals surface area (Å²) >= 11 is 9.53. The minimum absolute atomic E-state index is 0.222. The first-order valence-corrected chi connectivity index (χ1v) is 7.23. The summed E-state index contributed by atoms with van der Waals surface area (Å²) in [6.45, 7) is 6.55. The predicted octanol–water partition coefficient (Wildman–Crippen LogP) is 4.38. The van der Waals surface area contributed by atoms with Crippen molar-refractivity contribution in [1.29, 1.82) is 0 Å². The molecule has 0 fully saturated rings. The molecule has 86 valence electrons. The Morgan fingerprint density at radius 1 is 1.38 bits per heavy atom. The highest BCUT2D eigenvalue weighted by atomic mass is 35.5. The van der Waals surface area contributed by atoms with Gasteiger partial charge in [-0.15, -0.1) is 23.1 Å². The summed E-state index contributed by atoms with van der Waals surface area (Å²) in [5, 5.41) is 3.51. The van der Waals surface area contributed by atoms with Gasteiger partial charge in [0.2, 0.25) is 0 Å². The van der Waals surface area contributed by atoms with Crippen LogP contribution in [-0.4, -0.2) is 14.7 Å². The van der Waals surface area contributed by atoms with Crippen molar-refractivity contribution in [2.75, 3.05) is 0 Å². The maximum absolute atomic E-state index is 6.10. The Morgan fingerprint density at radius 3 is 2.81 bits per heavy atom. The fourth-order valence-electron chi connectivity index (χ4n) is 1.21. The topological polar surface area (TPSA) is 25.8 Å². The number of aromatic nitrogens is 2. The molecule has 0 amide bonds. The van der Waals surface area contributed by atoms with Crippen LogP contribution in [0.4, 0.5) is 0 Å². The van der Waals surface area contributed by atoms with Crippen molar-refractivity contribution in [2.24, 2.45) is 0 Å². The Morgan fingerprint density at radius 2 is 2.12 bits per heavy atom. The zero-order chi connectivity index (χ0) is 11.8. The smallest absolute Gasteiger partial charge is 0.141 e. The van der Waals surface area contributed by atoms with Gasteiger partial charge in [-0.1, -0.05) is 32.4 Å². The largest absolute Gasteiger partial charge is 0.221 e. The molecule has 0 radical (unpaired) electrons. The van der Waals surface area contributed by atoms with E-state index in [0.29, 0.717) is 5.15 Å². The highest BCUT2D eigenvalue weighted by Crippen LogP contribution is 2.29. The fourth-order valence-corrected chi connectivity index (χ4v) is 2.99. The highest BCUT2D eigenvalue weighted by Gasteiger charge is 2.13. The molecule has 0 unspecified atom stereocenters. The summed E-state index contributed by atoms with van der Waals surface area (Å²) in [7, 11) is 0. The third-order valence-electron chi connectivity index (χ3n) is 1.96. The van der Waals surface area contributed by atoms with Crippen LogP contribution in [0.1, 0.15) is 26.6 Å². The van der Waals surface area contributed by atoms with E-state index in [2.05, 4.69) is 30.7 Å². The maximum Gasteiger partial charge on any atom is 0.141 e. The molecule has 0 spiro atoms. The average molecular weight is 273 g/mol. The molecular weight excluding hydrogens is 260 g/mol. The van der Waals surface area contributed by atoms with Crippen molar-refractivity contribution in [3.8, 4) is 0 Å². The molecule has 0 atom stereocenters. The molecule has 5 heteroatoms. The monoisotopic (exact) mass is 272 g/mol. The number of nitrogens with zero attached hydrogens (tertiary/aromatic N) is 2. The predicted molar refractivity (Wildman–Crippen MR) is 73.5 cm³/mol. The first-order chi connectivity index (χ1) is 7.46. The summed E-state index contributed by atoms with van der Waals surface area (Å²) in [4.78, 5) is 9.79. The van der Waals surface area contributed by atoms with Crippen LogP contribution in [0.3, 0.4) is 0 Å². The van der Waals surface area contributed by atoms with Gasteiger partial charge in [-0.05, 0) is 11.4 Å². The third kappa shape index (κ3) is 2.87. The second-order valence-corrected chi connectivity index (χ2v) is 7.53. The Bertz CT molecular complexity index is 502. The molecule has 0 aromatic carbocycles. The van der Waals surface area contributed by atoms with Crippen molar-refractivity contribution in [2.45, 2.75) is 31.3 Å². The molecule has 0 aliphatic carbocycles. The van der Waals surface area contributed by atoms with Crippen molar-refractivity contribution in [3.05, 3.63) is 22.4 Å². The van der Waals surface area contributed by atoms with E-state index in [9.17, 15) is 0 Å². The molecule has 2 aromatic rings. The van der Waals surface area contributed by atoms with Gasteiger partial charge in [-0.3, -0.25) is 0 Å². The first-order valence-electron chi connectivity index (χ1n) is 4.99. The summed E-state index contributed by atoms with van der Waals surface area (Å²) in [6, 6.07) is 1.96. The average Bonchev–Trinajstić information content (AvgIpc) is 2.62. The molecule has 0 N–H and O–H groups in total. The van der Waals surface area contributed by atoms with E-state index in [-0.39, 0.29) is 4.75 Å². The molecule has 2 aromatic heterocycles. The Hall–Kier alpha value is -0.320. The molecule has 2 rings (SSSR count). The standard InChI is InChI=1S/C11H13ClN2S2/c1-11(2,3)16-6-8-13-9(12)7-4-5-15-10(7)14-8/h4-5H,6H2,1-3H3. The van der Waals surface area contributed by atoms with Crippen molar-refractivity contribution >= 4 is 44.9 Å². The molecule has 0 aliphatic rings. The number of halogens is 1. The SMILES string of the molecule is CC(C)(C)SCc1nc(Cl)c2ccsc2n1. The van der Waals surface area contributed by atoms with Crippen LogP contribution in [-0.2, 0) is 5.75 Å². The number of thiophene rings is 1. The number of hydrogen-bond donors (Lipinski definition) is 0. The first kappa shape index (κ1) is 12.1. The van der Waals surface area contributed by atoms with E-state index >= 15 is 0 Å². The van der Waals surface area contributed by atoms with Gasteiger partial charge in [0, 0.05) is 10.1 Å². The highest BCUT2D eigenvalue weighted by molar-refractivity contribution is 7.99. The van der Waals surface area contributed by atoms with Gasteiger partial charge in [-0.2, -0.15) is 0 Å². The lowest BCUT2D eigenvalue weighted by Crippen LogP contribution is -2.08. The second kappa shape index (κ2) is 4.51. The van der Waals surface area contributed by atoms with Crippen LogP contribution < -0.4 is 0 Å². The Kier molecular flexibility index (Phi) is 3.42. The van der Waals surface area contributed by atoms with E-state index in [1.54, 1.807) is 11.3 Å². The fraction of sp³-hybridized carbons (Fsp3) is 0.455. The van der Waals surface area contributed by atoms with E-state index < -0.39 is 0 Å². The van der Waals surface area contributed by atoms with Gasteiger partial charge >= 0.3 is 0 Å². The van der Waals surface area contributed by atoms with E-state index in [0.717, 1.165) is 21.8 Å². The lowest BCUT2D eigenvalue weighted by atomic mass is 10.3. The minimum atomic E-state index is 0.222. The molecule has 0 bridgehead atoms. The zero-order valence-corrected chi connectivity index (χ0v) is 11.8. The lowest BCUT2D eigenvalue weighted by molar-refractivity contribution is 0.800. The quantitative estimate of drug-likeness (QED) is 0.759. The van der Waals surface area contributed by atoms with Crippen LogP contribution >= 0.6 is 34.7 Å². The number of hydrogen-bond acceptors (Lipinski definition) is 4. The maximum atomic E-state index is 6.10. The van der Waals surface area contributed by atoms with Crippen molar-refractivity contribution in [3.63, 3.8) is 0 Å². The number of thioether (sulfide) groups is 1. The minimum Gasteiger partial charge on any atom is -0.221 e. The van der Waals surface area contributed by atoms with Crippen LogP contribution in [0.5, 0.6) is 0 Å². The van der Waals surface area contributed by atoms with E-state index in [4.69, 9.17) is 11.6 Å². The molecule has 0 aliphatic heterocycles. The summed E-state index contributed by atoms with van der Waals surface area (Å²) in [5.74, 6) is 1.62. The van der Waals surface area contributed by atoms with Crippen LogP contribution in [0, 0.1) is 0 Å². The molecular formula is C11H13ClN2S2. The molecule has 2 nitrogen and oxygen atoms in total. The van der Waals surface area contributed by atoms with Gasteiger partial charge in [-0.25, -0.2) is 9.97 Å². The van der Waals surface area contributed by atoms with E-state index in [1.807, 2.05) is 23.2 Å². The van der Waals surface area contributed by atoms with Gasteiger partial charge in [0.1, 0.15) is 15.8 Å². The van der Waals surface area contributed by atoms with E-state index in [1.165, 1.54) is 0 Å². The Labute approximate surface area is 108 Å². The zero-order valence-electron chi connectivity index (χ0n) is 9.45. The molecule has 2 heterocycles. The summed E-state index contributed by atoms with van der Waals surface area (Å²) in [5.41, 5.74) is 0.